The van der Waals surface area contributed by atoms with Crippen LogP contribution in [0.15, 0.2) is 6.33 Å². The van der Waals surface area contributed by atoms with E-state index in [1.54, 1.807) is 6.33 Å². The highest BCUT2D eigenvalue weighted by atomic mass is 32.2. The van der Waals surface area contributed by atoms with Gasteiger partial charge >= 0.3 is 0 Å². The first-order valence-corrected chi connectivity index (χ1v) is 7.80. The summed E-state index contributed by atoms with van der Waals surface area (Å²) in [5.74, 6) is 2.03. The molecule has 4 nitrogen and oxygen atoms in total. The third-order valence-corrected chi connectivity index (χ3v) is 4.68. The third kappa shape index (κ3) is 2.71. The van der Waals surface area contributed by atoms with E-state index >= 15 is 0 Å². The fraction of sp³-hybridized carbons (Fsp3) is 0.692. The molecule has 0 unspecified atom stereocenters. The summed E-state index contributed by atoms with van der Waals surface area (Å²) in [6.07, 6.45) is 6.23. The van der Waals surface area contributed by atoms with Crippen LogP contribution in [0.5, 0.6) is 0 Å². The average molecular weight is 266 g/mol. The first-order valence-electron chi connectivity index (χ1n) is 6.51. The summed E-state index contributed by atoms with van der Waals surface area (Å²) in [7, 11) is 0. The summed E-state index contributed by atoms with van der Waals surface area (Å²) >= 11 is 1.97. The fourth-order valence-electron chi connectivity index (χ4n) is 2.51. The van der Waals surface area contributed by atoms with Crippen molar-refractivity contribution in [2.45, 2.75) is 37.9 Å². The number of rotatable bonds is 3. The van der Waals surface area contributed by atoms with Crippen LogP contribution in [0.25, 0.3) is 0 Å². The molecule has 5 heteroatoms. The molecule has 0 amide bonds. The molecule has 0 aromatic carbocycles. The van der Waals surface area contributed by atoms with Gasteiger partial charge in [0, 0.05) is 23.9 Å². The Kier molecular flexibility index (Phi) is 4.32. The minimum atomic E-state index is 0.361. The molecular formula is C13H22N4S. The second-order valence-electron chi connectivity index (χ2n) is 5.07. The van der Waals surface area contributed by atoms with E-state index in [4.69, 9.17) is 5.73 Å². The van der Waals surface area contributed by atoms with Crippen LogP contribution in [0.4, 0.5) is 11.6 Å². The Labute approximate surface area is 113 Å². The Morgan fingerprint density at radius 1 is 1.33 bits per heavy atom. The lowest BCUT2D eigenvalue weighted by molar-refractivity contribution is 0.583. The van der Waals surface area contributed by atoms with E-state index in [1.165, 1.54) is 12.8 Å². The van der Waals surface area contributed by atoms with Crippen molar-refractivity contribution in [3.8, 4) is 0 Å². The molecule has 0 radical (unpaired) electrons. The van der Waals surface area contributed by atoms with Gasteiger partial charge in [-0.1, -0.05) is 13.8 Å². The van der Waals surface area contributed by atoms with Crippen molar-refractivity contribution in [3.05, 3.63) is 11.9 Å². The molecule has 2 N–H and O–H groups in total. The number of nitrogens with zero attached hydrogens (tertiary/aromatic N) is 3. The Hall–Kier alpha value is -0.970. The van der Waals surface area contributed by atoms with Crippen LogP contribution in [-0.4, -0.2) is 34.6 Å². The normalized spacial score (nSPS) is 17.4. The monoisotopic (exact) mass is 266 g/mol. The molecule has 2 heterocycles. The number of anilines is 2. The molecule has 1 aliphatic heterocycles. The van der Waals surface area contributed by atoms with E-state index in [9.17, 15) is 0 Å². The summed E-state index contributed by atoms with van der Waals surface area (Å²) in [5.41, 5.74) is 7.10. The van der Waals surface area contributed by atoms with E-state index < -0.39 is 0 Å². The standard InChI is InChI=1S/C13H22N4S/c1-9(2)11-12(14)15-8-16-13(11)17-6-4-10(18-3)5-7-17/h8-10H,4-7H2,1-3H3,(H2,14,15,16). The van der Waals surface area contributed by atoms with Crippen LogP contribution < -0.4 is 10.6 Å². The quantitative estimate of drug-likeness (QED) is 0.911. The first-order chi connectivity index (χ1) is 8.63. The fourth-order valence-corrected chi connectivity index (χ4v) is 3.19. The van der Waals surface area contributed by atoms with Crippen LogP contribution in [-0.2, 0) is 0 Å². The number of hydrogen-bond donors (Lipinski definition) is 1. The Morgan fingerprint density at radius 3 is 2.56 bits per heavy atom. The van der Waals surface area contributed by atoms with E-state index in [0.29, 0.717) is 11.7 Å². The van der Waals surface area contributed by atoms with Crippen molar-refractivity contribution in [3.63, 3.8) is 0 Å². The Morgan fingerprint density at radius 2 is 2.00 bits per heavy atom. The van der Waals surface area contributed by atoms with E-state index in [1.807, 2.05) is 11.8 Å². The number of thioether (sulfide) groups is 1. The van der Waals surface area contributed by atoms with Gasteiger partial charge in [0.2, 0.25) is 0 Å². The van der Waals surface area contributed by atoms with Crippen molar-refractivity contribution < 1.29 is 0 Å². The van der Waals surface area contributed by atoms with Crippen molar-refractivity contribution in [2.24, 2.45) is 0 Å². The Balaban J connectivity index is 2.21. The molecule has 0 aliphatic carbocycles. The smallest absolute Gasteiger partial charge is 0.137 e. The second kappa shape index (κ2) is 5.78. The van der Waals surface area contributed by atoms with Crippen molar-refractivity contribution in [1.82, 2.24) is 9.97 Å². The van der Waals surface area contributed by atoms with Crippen molar-refractivity contribution in [1.29, 1.82) is 0 Å². The van der Waals surface area contributed by atoms with E-state index in [2.05, 4.69) is 35.0 Å². The van der Waals surface area contributed by atoms with E-state index in [-0.39, 0.29) is 0 Å². The lowest BCUT2D eigenvalue weighted by Crippen LogP contribution is -2.36. The molecule has 1 aromatic rings. The Bertz CT molecular complexity index is 400. The first kappa shape index (κ1) is 13.5. The molecule has 1 fully saturated rings. The summed E-state index contributed by atoms with van der Waals surface area (Å²) in [4.78, 5) is 10.9. The number of piperidine rings is 1. The van der Waals surface area contributed by atoms with E-state index in [0.717, 1.165) is 29.7 Å². The maximum Gasteiger partial charge on any atom is 0.137 e. The highest BCUT2D eigenvalue weighted by molar-refractivity contribution is 7.99. The highest BCUT2D eigenvalue weighted by Gasteiger charge is 2.23. The minimum Gasteiger partial charge on any atom is -0.383 e. The number of nitrogens with two attached hydrogens (primary N) is 1. The van der Waals surface area contributed by atoms with Crippen molar-refractivity contribution >= 4 is 23.4 Å². The summed E-state index contributed by atoms with van der Waals surface area (Å²) in [6, 6.07) is 0. The lowest BCUT2D eigenvalue weighted by Gasteiger charge is -2.33. The number of nitrogen functional groups attached to an aromatic ring is 1. The zero-order valence-electron chi connectivity index (χ0n) is 11.4. The van der Waals surface area contributed by atoms with Gasteiger partial charge in [-0.25, -0.2) is 9.97 Å². The molecular weight excluding hydrogens is 244 g/mol. The molecule has 18 heavy (non-hydrogen) atoms. The van der Waals surface area contributed by atoms with Gasteiger partial charge in [-0.3, -0.25) is 0 Å². The van der Waals surface area contributed by atoms with Crippen LogP contribution in [0.3, 0.4) is 0 Å². The third-order valence-electron chi connectivity index (χ3n) is 3.55. The van der Waals surface area contributed by atoms with Crippen LogP contribution >= 0.6 is 11.8 Å². The minimum absolute atomic E-state index is 0.361. The molecule has 100 valence electrons. The molecule has 0 bridgehead atoms. The molecule has 1 aromatic heterocycles. The van der Waals surface area contributed by atoms with Gasteiger partial charge in [0.15, 0.2) is 0 Å². The highest BCUT2D eigenvalue weighted by Crippen LogP contribution is 2.32. The summed E-state index contributed by atoms with van der Waals surface area (Å²) in [5, 5.41) is 0.794. The average Bonchev–Trinajstić information content (AvgIpc) is 2.38. The van der Waals surface area contributed by atoms with Crippen LogP contribution in [0.1, 0.15) is 38.2 Å². The van der Waals surface area contributed by atoms with Gasteiger partial charge in [0.05, 0.1) is 0 Å². The summed E-state index contributed by atoms with van der Waals surface area (Å²) < 4.78 is 0. The predicted octanol–water partition coefficient (Wildman–Crippen LogP) is 2.51. The topological polar surface area (TPSA) is 55.0 Å². The van der Waals surface area contributed by atoms with Crippen LogP contribution in [0.2, 0.25) is 0 Å². The largest absolute Gasteiger partial charge is 0.383 e. The van der Waals surface area contributed by atoms with Crippen molar-refractivity contribution in [2.75, 3.05) is 30.0 Å². The van der Waals surface area contributed by atoms with Gasteiger partial charge in [0.25, 0.3) is 0 Å². The van der Waals surface area contributed by atoms with Gasteiger partial charge < -0.3 is 10.6 Å². The molecule has 0 saturated carbocycles. The molecule has 0 spiro atoms. The molecule has 1 aliphatic rings. The second-order valence-corrected chi connectivity index (χ2v) is 6.21. The van der Waals surface area contributed by atoms with Gasteiger partial charge in [-0.15, -0.1) is 0 Å². The number of aromatic nitrogens is 2. The van der Waals surface area contributed by atoms with Gasteiger partial charge in [-0.2, -0.15) is 11.8 Å². The number of hydrogen-bond acceptors (Lipinski definition) is 5. The predicted molar refractivity (Wildman–Crippen MR) is 79.3 cm³/mol. The van der Waals surface area contributed by atoms with Gasteiger partial charge in [-0.05, 0) is 25.0 Å². The zero-order chi connectivity index (χ0) is 13.1. The SMILES string of the molecule is CSC1CCN(c2ncnc(N)c2C(C)C)CC1. The lowest BCUT2D eigenvalue weighted by atomic mass is 10.0. The molecule has 2 rings (SSSR count). The zero-order valence-corrected chi connectivity index (χ0v) is 12.2. The maximum atomic E-state index is 6.00. The molecule has 0 atom stereocenters. The molecule has 1 saturated heterocycles. The van der Waals surface area contributed by atoms with Gasteiger partial charge in [0.1, 0.15) is 18.0 Å². The summed E-state index contributed by atoms with van der Waals surface area (Å²) in [6.45, 7) is 6.43. The maximum absolute atomic E-state index is 6.00. The van der Waals surface area contributed by atoms with Crippen LogP contribution in [0, 0.1) is 0 Å².